The molecule has 0 amide bonds. The van der Waals surface area contributed by atoms with Gasteiger partial charge < -0.3 is 10.2 Å². The highest BCUT2D eigenvalue weighted by molar-refractivity contribution is 5.69. The fourth-order valence-electron chi connectivity index (χ4n) is 2.34. The van der Waals surface area contributed by atoms with Crippen molar-refractivity contribution in [3.8, 4) is 0 Å². The number of rotatable bonds is 6. The van der Waals surface area contributed by atoms with Gasteiger partial charge in [-0.25, -0.2) is 0 Å². The van der Waals surface area contributed by atoms with Crippen LogP contribution in [0.1, 0.15) is 32.1 Å². The van der Waals surface area contributed by atoms with E-state index in [0.29, 0.717) is 13.1 Å². The van der Waals surface area contributed by atoms with Gasteiger partial charge in [0.2, 0.25) is 0 Å². The summed E-state index contributed by atoms with van der Waals surface area (Å²) in [7, 11) is 0. The molecule has 1 aliphatic carbocycles. The fourth-order valence-corrected chi connectivity index (χ4v) is 2.34. The van der Waals surface area contributed by atoms with Crippen molar-refractivity contribution in [3.63, 3.8) is 0 Å². The molecule has 4 nitrogen and oxygen atoms in total. The Morgan fingerprint density at radius 2 is 2.00 bits per heavy atom. The zero-order chi connectivity index (χ0) is 12.0. The van der Waals surface area contributed by atoms with Gasteiger partial charge in [0.15, 0.2) is 0 Å². The van der Waals surface area contributed by atoms with Crippen molar-refractivity contribution in [2.24, 2.45) is 0 Å². The molecule has 0 atom stereocenters. The van der Waals surface area contributed by atoms with Crippen molar-refractivity contribution in [2.45, 2.75) is 37.7 Å². The molecule has 4 heteroatoms. The highest BCUT2D eigenvalue weighted by Gasteiger charge is 2.31. The van der Waals surface area contributed by atoms with Crippen LogP contribution < -0.4 is 0 Å². The van der Waals surface area contributed by atoms with Crippen molar-refractivity contribution < 1.29 is 15.0 Å². The molecule has 1 aliphatic rings. The molecular weight excluding hydrogens is 206 g/mol. The topological polar surface area (TPSA) is 60.8 Å². The predicted octanol–water partition coefficient (Wildman–Crippen LogP) is 1.25. The minimum absolute atomic E-state index is 0.0334. The average molecular weight is 227 g/mol. The van der Waals surface area contributed by atoms with Gasteiger partial charge in [-0.15, -0.1) is 6.58 Å². The number of hydrogen-bond donors (Lipinski definition) is 2. The number of nitrogens with zero attached hydrogens (tertiary/aromatic N) is 1. The Labute approximate surface area is 96.6 Å². The van der Waals surface area contributed by atoms with Crippen molar-refractivity contribution in [3.05, 3.63) is 12.7 Å². The second-order valence-electron chi connectivity index (χ2n) is 4.64. The van der Waals surface area contributed by atoms with Gasteiger partial charge in [-0.3, -0.25) is 9.69 Å². The van der Waals surface area contributed by atoms with Crippen molar-refractivity contribution in [1.29, 1.82) is 0 Å². The number of aliphatic carboxylic acids is 1. The maximum Gasteiger partial charge on any atom is 0.317 e. The summed E-state index contributed by atoms with van der Waals surface area (Å²) in [6, 6.07) is 0. The van der Waals surface area contributed by atoms with Gasteiger partial charge in [-0.2, -0.15) is 0 Å². The molecular formula is C12H21NO3. The van der Waals surface area contributed by atoms with Crippen molar-refractivity contribution in [1.82, 2.24) is 4.90 Å². The Morgan fingerprint density at radius 3 is 2.50 bits per heavy atom. The quantitative estimate of drug-likeness (QED) is 0.670. The van der Waals surface area contributed by atoms with Crippen LogP contribution in [0.3, 0.4) is 0 Å². The first-order valence-electron chi connectivity index (χ1n) is 5.83. The lowest BCUT2D eigenvalue weighted by Gasteiger charge is -2.36. The Bertz CT molecular complexity index is 247. The van der Waals surface area contributed by atoms with E-state index in [4.69, 9.17) is 5.11 Å². The summed E-state index contributed by atoms with van der Waals surface area (Å²) >= 11 is 0. The normalized spacial score (nSPS) is 19.6. The second kappa shape index (κ2) is 6.01. The van der Waals surface area contributed by atoms with E-state index in [9.17, 15) is 9.90 Å². The summed E-state index contributed by atoms with van der Waals surface area (Å²) in [5, 5.41) is 19.1. The van der Waals surface area contributed by atoms with E-state index in [0.717, 1.165) is 25.7 Å². The fraction of sp³-hybridized carbons (Fsp3) is 0.750. The Hall–Kier alpha value is -0.870. The molecule has 16 heavy (non-hydrogen) atoms. The van der Waals surface area contributed by atoms with E-state index in [2.05, 4.69) is 6.58 Å². The second-order valence-corrected chi connectivity index (χ2v) is 4.64. The Morgan fingerprint density at radius 1 is 1.38 bits per heavy atom. The number of carboxylic acid groups (broad SMARTS) is 1. The SMILES string of the molecule is C=CCN(CC(=O)O)CC1(O)CCCCC1. The van der Waals surface area contributed by atoms with Gasteiger partial charge in [-0.1, -0.05) is 25.3 Å². The van der Waals surface area contributed by atoms with Crippen LogP contribution in [-0.4, -0.2) is 46.3 Å². The maximum absolute atomic E-state index is 10.7. The van der Waals surface area contributed by atoms with Crippen LogP contribution in [0.2, 0.25) is 0 Å². The van der Waals surface area contributed by atoms with E-state index >= 15 is 0 Å². The molecule has 0 aromatic rings. The van der Waals surface area contributed by atoms with Gasteiger partial charge in [0.25, 0.3) is 0 Å². The van der Waals surface area contributed by atoms with Crippen LogP contribution in [0.15, 0.2) is 12.7 Å². The molecule has 1 fully saturated rings. The highest BCUT2D eigenvalue weighted by Crippen LogP contribution is 2.28. The Kier molecular flexibility index (Phi) is 4.96. The molecule has 0 radical (unpaired) electrons. The number of hydrogen-bond acceptors (Lipinski definition) is 3. The summed E-state index contributed by atoms with van der Waals surface area (Å²) < 4.78 is 0. The predicted molar refractivity (Wildman–Crippen MR) is 62.3 cm³/mol. The number of carboxylic acids is 1. The largest absolute Gasteiger partial charge is 0.480 e. The minimum atomic E-state index is -0.860. The summed E-state index contributed by atoms with van der Waals surface area (Å²) in [6.45, 7) is 4.52. The monoisotopic (exact) mass is 227 g/mol. The van der Waals surface area contributed by atoms with Crippen molar-refractivity contribution in [2.75, 3.05) is 19.6 Å². The van der Waals surface area contributed by atoms with Crippen LogP contribution in [0.25, 0.3) is 0 Å². The molecule has 0 aromatic carbocycles. The smallest absolute Gasteiger partial charge is 0.317 e. The number of aliphatic hydroxyl groups is 1. The van der Waals surface area contributed by atoms with Gasteiger partial charge in [0, 0.05) is 13.1 Å². The standard InChI is InChI=1S/C12H21NO3/c1-2-8-13(9-11(14)15)10-12(16)6-4-3-5-7-12/h2,16H,1,3-10H2,(H,14,15). The summed E-state index contributed by atoms with van der Waals surface area (Å²) in [5.74, 6) is -0.860. The maximum atomic E-state index is 10.7. The lowest BCUT2D eigenvalue weighted by Crippen LogP contribution is -2.46. The van der Waals surface area contributed by atoms with Crippen LogP contribution in [0.5, 0.6) is 0 Å². The Balaban J connectivity index is 2.51. The molecule has 1 rings (SSSR count). The first kappa shape index (κ1) is 13.2. The van der Waals surface area contributed by atoms with E-state index < -0.39 is 11.6 Å². The van der Waals surface area contributed by atoms with Crippen LogP contribution in [0, 0.1) is 0 Å². The molecule has 0 heterocycles. The van der Waals surface area contributed by atoms with E-state index in [1.807, 2.05) is 0 Å². The van der Waals surface area contributed by atoms with Gasteiger partial charge in [0.05, 0.1) is 12.1 Å². The molecule has 0 spiro atoms. The summed E-state index contributed by atoms with van der Waals surface area (Å²) in [6.07, 6.45) is 6.47. The molecule has 0 aromatic heterocycles. The molecule has 0 aliphatic heterocycles. The first-order valence-corrected chi connectivity index (χ1v) is 5.83. The zero-order valence-corrected chi connectivity index (χ0v) is 9.69. The molecule has 92 valence electrons. The zero-order valence-electron chi connectivity index (χ0n) is 9.69. The lowest BCUT2D eigenvalue weighted by molar-refractivity contribution is -0.139. The van der Waals surface area contributed by atoms with Gasteiger partial charge >= 0.3 is 5.97 Å². The first-order chi connectivity index (χ1) is 7.56. The molecule has 0 saturated heterocycles. The molecule has 0 bridgehead atoms. The van der Waals surface area contributed by atoms with Crippen LogP contribution >= 0.6 is 0 Å². The molecule has 1 saturated carbocycles. The van der Waals surface area contributed by atoms with E-state index in [1.54, 1.807) is 11.0 Å². The highest BCUT2D eigenvalue weighted by atomic mass is 16.4. The average Bonchev–Trinajstić information content (AvgIpc) is 2.17. The third-order valence-corrected chi connectivity index (χ3v) is 3.05. The van der Waals surface area contributed by atoms with Crippen LogP contribution in [0.4, 0.5) is 0 Å². The van der Waals surface area contributed by atoms with E-state index in [-0.39, 0.29) is 6.54 Å². The molecule has 0 unspecified atom stereocenters. The third kappa shape index (κ3) is 4.33. The summed E-state index contributed by atoms with van der Waals surface area (Å²) in [4.78, 5) is 12.4. The van der Waals surface area contributed by atoms with Gasteiger partial charge in [0.1, 0.15) is 0 Å². The summed E-state index contributed by atoms with van der Waals surface area (Å²) in [5.41, 5.74) is -0.698. The van der Waals surface area contributed by atoms with Crippen molar-refractivity contribution >= 4 is 5.97 Å². The minimum Gasteiger partial charge on any atom is -0.480 e. The molecule has 2 N–H and O–H groups in total. The van der Waals surface area contributed by atoms with E-state index in [1.165, 1.54) is 6.42 Å². The lowest BCUT2D eigenvalue weighted by atomic mass is 9.84. The van der Waals surface area contributed by atoms with Gasteiger partial charge in [-0.05, 0) is 12.8 Å². The van der Waals surface area contributed by atoms with Crippen LogP contribution in [-0.2, 0) is 4.79 Å². The third-order valence-electron chi connectivity index (χ3n) is 3.05. The number of carbonyl (C=O) groups is 1.